The van der Waals surface area contributed by atoms with Crippen LogP contribution in [-0.4, -0.2) is 11.7 Å². The smallest absolute Gasteiger partial charge is 0.272 e. The second-order valence-electron chi connectivity index (χ2n) is 3.60. The van der Waals surface area contributed by atoms with E-state index >= 15 is 0 Å². The van der Waals surface area contributed by atoms with Gasteiger partial charge in [-0.15, -0.1) is 0 Å². The van der Waals surface area contributed by atoms with E-state index in [4.69, 9.17) is 22.4 Å². The van der Waals surface area contributed by atoms with Crippen LogP contribution < -0.4 is 11.1 Å². The van der Waals surface area contributed by atoms with E-state index in [9.17, 15) is 8.78 Å². The molecule has 0 fully saturated rings. The van der Waals surface area contributed by atoms with Crippen LogP contribution in [0.4, 0.5) is 14.5 Å². The summed E-state index contributed by atoms with van der Waals surface area (Å²) in [5, 5.41) is 11.4. The zero-order chi connectivity index (χ0) is 13.1. The third kappa shape index (κ3) is 3.87. The van der Waals surface area contributed by atoms with Crippen molar-refractivity contribution >= 4 is 17.3 Å². The molecule has 0 bridgehead atoms. The molecule has 0 aliphatic rings. The summed E-state index contributed by atoms with van der Waals surface area (Å²) in [5.74, 6) is -3.01. The van der Waals surface area contributed by atoms with Gasteiger partial charge in [0.2, 0.25) is 0 Å². The van der Waals surface area contributed by atoms with Gasteiger partial charge in [-0.25, -0.2) is 8.78 Å². The Balaban J connectivity index is 2.98. The molecular weight excluding hydrogens is 250 g/mol. The predicted octanol–water partition coefficient (Wildman–Crippen LogP) is 2.66. The summed E-state index contributed by atoms with van der Waals surface area (Å²) >= 11 is 5.68. The highest BCUT2D eigenvalue weighted by molar-refractivity contribution is 6.31. The van der Waals surface area contributed by atoms with Crippen LogP contribution in [0.25, 0.3) is 0 Å². The van der Waals surface area contributed by atoms with E-state index in [1.165, 1.54) is 18.3 Å². The maximum atomic E-state index is 13.2. The Morgan fingerprint density at radius 2 is 2.24 bits per heavy atom. The molecule has 0 aromatic heterocycles. The zero-order valence-electron chi connectivity index (χ0n) is 9.17. The van der Waals surface area contributed by atoms with Gasteiger partial charge in [0.05, 0.1) is 12.3 Å². The van der Waals surface area contributed by atoms with E-state index < -0.39 is 5.92 Å². The van der Waals surface area contributed by atoms with Crippen LogP contribution >= 0.6 is 11.6 Å². The largest absolute Gasteiger partial charge is 0.399 e. The average Bonchev–Trinajstić information content (AvgIpc) is 2.26. The third-order valence-electron chi connectivity index (χ3n) is 2.05. The first-order valence-electron chi connectivity index (χ1n) is 4.84. The fourth-order valence-electron chi connectivity index (χ4n) is 1.17. The van der Waals surface area contributed by atoms with E-state index in [1.807, 2.05) is 0 Å². The van der Waals surface area contributed by atoms with Crippen molar-refractivity contribution in [3.05, 3.63) is 40.7 Å². The van der Waals surface area contributed by atoms with Gasteiger partial charge in [0.15, 0.2) is 0 Å². The van der Waals surface area contributed by atoms with Crippen molar-refractivity contribution in [2.75, 3.05) is 11.9 Å². The molecule has 0 spiro atoms. The van der Waals surface area contributed by atoms with Gasteiger partial charge in [0, 0.05) is 29.4 Å². The van der Waals surface area contributed by atoms with Crippen molar-refractivity contribution < 1.29 is 13.9 Å². The van der Waals surface area contributed by atoms with Crippen LogP contribution in [0.3, 0.4) is 0 Å². The molecular formula is C11H13ClF2N2O. The number of halogens is 3. The number of rotatable bonds is 4. The van der Waals surface area contributed by atoms with Crippen LogP contribution in [0.1, 0.15) is 12.5 Å². The molecule has 0 aliphatic heterocycles. The molecule has 17 heavy (non-hydrogen) atoms. The number of anilines is 1. The molecule has 3 nitrogen and oxygen atoms in total. The van der Waals surface area contributed by atoms with Crippen molar-refractivity contribution in [1.82, 2.24) is 0 Å². The molecule has 1 rings (SSSR count). The topological polar surface area (TPSA) is 58.3 Å². The lowest BCUT2D eigenvalue weighted by molar-refractivity contribution is 0.0176. The van der Waals surface area contributed by atoms with Crippen molar-refractivity contribution in [3.8, 4) is 0 Å². The summed E-state index contributed by atoms with van der Waals surface area (Å²) < 4.78 is 26.3. The van der Waals surface area contributed by atoms with Crippen molar-refractivity contribution in [1.29, 1.82) is 0 Å². The first-order valence-corrected chi connectivity index (χ1v) is 5.22. The van der Waals surface area contributed by atoms with Crippen LogP contribution in [0.15, 0.2) is 30.1 Å². The Kier molecular flexibility index (Phi) is 4.31. The number of nitrogens with one attached hydrogen (secondary N) is 1. The van der Waals surface area contributed by atoms with Crippen LogP contribution in [0.5, 0.6) is 0 Å². The summed E-state index contributed by atoms with van der Waals surface area (Å²) in [5.41, 5.74) is 5.70. The minimum absolute atomic E-state index is 0.00200. The fourth-order valence-corrected chi connectivity index (χ4v) is 1.46. The molecule has 1 aromatic carbocycles. The van der Waals surface area contributed by atoms with E-state index in [0.29, 0.717) is 5.69 Å². The first-order chi connectivity index (χ1) is 7.84. The van der Waals surface area contributed by atoms with Gasteiger partial charge in [-0.05, 0) is 18.2 Å². The van der Waals surface area contributed by atoms with E-state index in [-0.39, 0.29) is 22.9 Å². The number of benzene rings is 1. The SMILES string of the molecule is CC(F)(F)c1cc(N/C=C(\N)CO)ccc1Cl. The molecule has 0 amide bonds. The van der Waals surface area contributed by atoms with Crippen molar-refractivity contribution in [3.63, 3.8) is 0 Å². The molecule has 0 saturated heterocycles. The first kappa shape index (κ1) is 13.7. The van der Waals surface area contributed by atoms with Crippen molar-refractivity contribution in [2.45, 2.75) is 12.8 Å². The molecule has 1 aromatic rings. The number of hydrogen-bond acceptors (Lipinski definition) is 3. The fraction of sp³-hybridized carbons (Fsp3) is 0.273. The Morgan fingerprint density at radius 3 is 2.76 bits per heavy atom. The van der Waals surface area contributed by atoms with Gasteiger partial charge < -0.3 is 16.2 Å². The Hall–Kier alpha value is -1.33. The van der Waals surface area contributed by atoms with Gasteiger partial charge in [-0.2, -0.15) is 0 Å². The summed E-state index contributed by atoms with van der Waals surface area (Å²) in [4.78, 5) is 0. The lowest BCUT2D eigenvalue weighted by Gasteiger charge is -2.14. The highest BCUT2D eigenvalue weighted by Gasteiger charge is 2.27. The number of hydrogen-bond donors (Lipinski definition) is 3. The molecule has 0 heterocycles. The highest BCUT2D eigenvalue weighted by atomic mass is 35.5. The van der Waals surface area contributed by atoms with Gasteiger partial charge in [-0.3, -0.25) is 0 Å². The lowest BCUT2D eigenvalue weighted by Crippen LogP contribution is -2.09. The molecule has 94 valence electrons. The van der Waals surface area contributed by atoms with E-state index in [1.54, 1.807) is 6.07 Å². The summed E-state index contributed by atoms with van der Waals surface area (Å²) in [6, 6.07) is 4.15. The third-order valence-corrected chi connectivity index (χ3v) is 2.38. The minimum Gasteiger partial charge on any atom is -0.399 e. The maximum Gasteiger partial charge on any atom is 0.272 e. The van der Waals surface area contributed by atoms with Crippen LogP contribution in [0, 0.1) is 0 Å². The quantitative estimate of drug-likeness (QED) is 0.782. The Morgan fingerprint density at radius 1 is 1.59 bits per heavy atom. The van der Waals surface area contributed by atoms with E-state index in [0.717, 1.165) is 6.92 Å². The normalized spacial score (nSPS) is 12.6. The standard InChI is InChI=1S/C11H13ClF2N2O/c1-11(13,14)9-4-8(2-3-10(9)12)16-5-7(15)6-17/h2-5,16-17H,6,15H2,1H3/b7-5-. The molecule has 4 N–H and O–H groups in total. The second-order valence-corrected chi connectivity index (χ2v) is 4.01. The number of aliphatic hydroxyl groups excluding tert-OH is 1. The minimum atomic E-state index is -3.01. The Labute approximate surface area is 103 Å². The predicted molar refractivity (Wildman–Crippen MR) is 64.0 cm³/mol. The van der Waals surface area contributed by atoms with Gasteiger partial charge in [-0.1, -0.05) is 11.6 Å². The monoisotopic (exact) mass is 262 g/mol. The molecule has 6 heteroatoms. The van der Waals surface area contributed by atoms with E-state index in [2.05, 4.69) is 5.32 Å². The summed E-state index contributed by atoms with van der Waals surface area (Å²) in [6.07, 6.45) is 1.33. The molecule has 0 unspecified atom stereocenters. The zero-order valence-corrected chi connectivity index (χ0v) is 9.93. The lowest BCUT2D eigenvalue weighted by atomic mass is 10.1. The maximum absolute atomic E-state index is 13.2. The van der Waals surface area contributed by atoms with Gasteiger partial charge in [0.25, 0.3) is 5.92 Å². The van der Waals surface area contributed by atoms with Crippen molar-refractivity contribution in [2.24, 2.45) is 5.73 Å². The second kappa shape index (κ2) is 5.33. The van der Waals surface area contributed by atoms with Crippen LogP contribution in [-0.2, 0) is 5.92 Å². The number of aliphatic hydroxyl groups is 1. The molecule has 0 saturated carbocycles. The van der Waals surface area contributed by atoms with Crippen LogP contribution in [0.2, 0.25) is 5.02 Å². The number of nitrogens with two attached hydrogens (primary N) is 1. The molecule has 0 radical (unpaired) electrons. The molecule has 0 atom stereocenters. The Bertz CT molecular complexity index is 430. The van der Waals surface area contributed by atoms with Gasteiger partial charge in [0.1, 0.15) is 0 Å². The summed E-state index contributed by atoms with van der Waals surface area (Å²) in [6.45, 7) is 0.466. The highest BCUT2D eigenvalue weighted by Crippen LogP contribution is 2.34. The van der Waals surface area contributed by atoms with Gasteiger partial charge >= 0.3 is 0 Å². The molecule has 0 aliphatic carbocycles. The number of alkyl halides is 2. The average molecular weight is 263 g/mol. The summed E-state index contributed by atoms with van der Waals surface area (Å²) in [7, 11) is 0.